The maximum atomic E-state index is 12.8. The molecule has 1 spiro atoms. The molecule has 1 aromatic rings. The highest BCUT2D eigenvalue weighted by Crippen LogP contribution is 2.32. The van der Waals surface area contributed by atoms with Crippen molar-refractivity contribution in [2.24, 2.45) is 5.41 Å². The van der Waals surface area contributed by atoms with Gasteiger partial charge in [0.2, 0.25) is 15.9 Å². The lowest BCUT2D eigenvalue weighted by Gasteiger charge is -2.32. The number of benzene rings is 1. The molecule has 2 amide bonds. The fourth-order valence-corrected chi connectivity index (χ4v) is 4.34. The quantitative estimate of drug-likeness (QED) is 0.807. The highest BCUT2D eigenvalue weighted by atomic mass is 32.2. The number of carbonyl (C=O) groups is 2. The summed E-state index contributed by atoms with van der Waals surface area (Å²) in [7, 11) is -3.39. The Balaban J connectivity index is 1.89. The second kappa shape index (κ2) is 6.18. The van der Waals surface area contributed by atoms with Crippen LogP contribution in [0.2, 0.25) is 0 Å². The molecular formula is C16H21N3O4S. The Morgan fingerprint density at radius 1 is 1.17 bits per heavy atom. The molecule has 1 aromatic carbocycles. The van der Waals surface area contributed by atoms with Crippen molar-refractivity contribution in [1.29, 1.82) is 0 Å². The van der Waals surface area contributed by atoms with Gasteiger partial charge in [-0.3, -0.25) is 9.59 Å². The summed E-state index contributed by atoms with van der Waals surface area (Å²) < 4.78 is 25.4. The van der Waals surface area contributed by atoms with E-state index < -0.39 is 15.4 Å². The average molecular weight is 351 g/mol. The van der Waals surface area contributed by atoms with Gasteiger partial charge in [0.15, 0.2) is 0 Å². The molecule has 0 unspecified atom stereocenters. The van der Waals surface area contributed by atoms with E-state index >= 15 is 0 Å². The number of hydrogen-bond donors (Lipinski definition) is 1. The largest absolute Gasteiger partial charge is 0.355 e. The summed E-state index contributed by atoms with van der Waals surface area (Å²) in [5.74, 6) is -0.234. The molecule has 7 nitrogen and oxygen atoms in total. The predicted molar refractivity (Wildman–Crippen MR) is 88.8 cm³/mol. The molecule has 0 aromatic heterocycles. The predicted octanol–water partition coefficient (Wildman–Crippen LogP) is -0.0897. The fourth-order valence-electron chi connectivity index (χ4n) is 3.41. The topological polar surface area (TPSA) is 86.8 Å². The van der Waals surface area contributed by atoms with Crippen molar-refractivity contribution in [3.8, 4) is 0 Å². The maximum absolute atomic E-state index is 12.8. The van der Waals surface area contributed by atoms with Gasteiger partial charge in [-0.05, 0) is 12.1 Å². The van der Waals surface area contributed by atoms with Gasteiger partial charge in [-0.25, -0.2) is 8.42 Å². The normalized spacial score (nSPS) is 25.5. The minimum Gasteiger partial charge on any atom is -0.355 e. The van der Waals surface area contributed by atoms with E-state index in [1.54, 1.807) is 29.2 Å². The molecule has 2 aliphatic heterocycles. The summed E-state index contributed by atoms with van der Waals surface area (Å²) in [5.41, 5.74) is -0.000999. The average Bonchev–Trinajstić information content (AvgIpc) is 2.78. The van der Waals surface area contributed by atoms with Crippen LogP contribution in [0, 0.1) is 5.41 Å². The highest BCUT2D eigenvalue weighted by Gasteiger charge is 2.45. The molecule has 2 heterocycles. The zero-order valence-electron chi connectivity index (χ0n) is 13.6. The number of nitrogens with zero attached hydrogens (tertiary/aromatic N) is 2. The maximum Gasteiger partial charge on any atom is 0.253 e. The van der Waals surface area contributed by atoms with Gasteiger partial charge in [-0.15, -0.1) is 0 Å². The van der Waals surface area contributed by atoms with E-state index in [-0.39, 0.29) is 31.3 Å². The Bertz CT molecular complexity index is 750. The molecule has 0 aliphatic carbocycles. The zero-order chi connectivity index (χ0) is 17.4. The second-order valence-electron chi connectivity index (χ2n) is 6.64. The standard InChI is InChI=1S/C16H21N3O4S/c1-24(22,23)19-8-7-18(15(21)13-5-3-2-4-6-13)11-16(12-19)9-14(20)17-10-16/h2-6H,7-12H2,1H3,(H,17,20)/t16-/m0/s1. The van der Waals surface area contributed by atoms with Crippen LogP contribution >= 0.6 is 0 Å². The summed E-state index contributed by atoms with van der Waals surface area (Å²) in [6.45, 7) is 1.56. The van der Waals surface area contributed by atoms with Crippen LogP contribution in [-0.4, -0.2) is 68.4 Å². The van der Waals surface area contributed by atoms with Crippen LogP contribution in [0.25, 0.3) is 0 Å². The molecule has 130 valence electrons. The molecule has 24 heavy (non-hydrogen) atoms. The SMILES string of the molecule is CS(=O)(=O)N1CCN(C(=O)c2ccccc2)C[C@]2(CNC(=O)C2)C1. The molecule has 3 rings (SSSR count). The molecule has 8 heteroatoms. The summed E-state index contributed by atoms with van der Waals surface area (Å²) in [6, 6.07) is 8.92. The third kappa shape index (κ3) is 3.44. The Labute approximate surface area is 141 Å². The molecule has 2 aliphatic rings. The van der Waals surface area contributed by atoms with E-state index in [0.29, 0.717) is 25.2 Å². The fraction of sp³-hybridized carbons (Fsp3) is 0.500. The third-order valence-electron chi connectivity index (χ3n) is 4.63. The van der Waals surface area contributed by atoms with Gasteiger partial charge in [-0.1, -0.05) is 18.2 Å². The molecule has 0 bridgehead atoms. The Hall–Kier alpha value is -1.93. The lowest BCUT2D eigenvalue weighted by molar-refractivity contribution is -0.119. The first-order valence-electron chi connectivity index (χ1n) is 7.85. The van der Waals surface area contributed by atoms with E-state index in [1.165, 1.54) is 10.6 Å². The van der Waals surface area contributed by atoms with Gasteiger partial charge in [-0.2, -0.15) is 4.31 Å². The summed E-state index contributed by atoms with van der Waals surface area (Å²) in [5, 5.41) is 2.78. The number of amides is 2. The van der Waals surface area contributed by atoms with Crippen molar-refractivity contribution >= 4 is 21.8 Å². The number of sulfonamides is 1. The monoisotopic (exact) mass is 351 g/mol. The Kier molecular flexibility index (Phi) is 4.35. The van der Waals surface area contributed by atoms with Crippen LogP contribution < -0.4 is 5.32 Å². The van der Waals surface area contributed by atoms with Gasteiger partial charge in [0.1, 0.15) is 0 Å². The van der Waals surface area contributed by atoms with E-state index in [4.69, 9.17) is 0 Å². The van der Waals surface area contributed by atoms with E-state index in [9.17, 15) is 18.0 Å². The number of carbonyl (C=O) groups excluding carboxylic acids is 2. The minimum absolute atomic E-state index is 0.0996. The molecule has 1 atom stereocenters. The first-order chi connectivity index (χ1) is 11.3. The molecule has 0 saturated carbocycles. The zero-order valence-corrected chi connectivity index (χ0v) is 14.4. The van der Waals surface area contributed by atoms with Crippen LogP contribution in [0.4, 0.5) is 0 Å². The van der Waals surface area contributed by atoms with Crippen LogP contribution in [0.5, 0.6) is 0 Å². The van der Waals surface area contributed by atoms with Gasteiger partial charge in [0, 0.05) is 50.1 Å². The van der Waals surface area contributed by atoms with Gasteiger partial charge in [0.25, 0.3) is 5.91 Å². The molecule has 1 N–H and O–H groups in total. The van der Waals surface area contributed by atoms with Gasteiger partial charge in [0.05, 0.1) is 6.26 Å². The van der Waals surface area contributed by atoms with Crippen molar-refractivity contribution in [3.05, 3.63) is 35.9 Å². The number of rotatable bonds is 2. The second-order valence-corrected chi connectivity index (χ2v) is 8.63. The van der Waals surface area contributed by atoms with E-state index in [1.807, 2.05) is 6.07 Å². The first kappa shape index (κ1) is 16.9. The summed E-state index contributed by atoms with van der Waals surface area (Å²) in [4.78, 5) is 26.2. The molecule has 2 saturated heterocycles. The van der Waals surface area contributed by atoms with Crippen molar-refractivity contribution in [2.45, 2.75) is 6.42 Å². The van der Waals surface area contributed by atoms with Crippen LogP contribution in [0.1, 0.15) is 16.8 Å². The minimum atomic E-state index is -3.39. The third-order valence-corrected chi connectivity index (χ3v) is 5.88. The first-order valence-corrected chi connectivity index (χ1v) is 9.70. The van der Waals surface area contributed by atoms with Crippen LogP contribution in [0.3, 0.4) is 0 Å². The van der Waals surface area contributed by atoms with Crippen LogP contribution in [-0.2, 0) is 14.8 Å². The Morgan fingerprint density at radius 2 is 1.88 bits per heavy atom. The Morgan fingerprint density at radius 3 is 2.46 bits per heavy atom. The van der Waals surface area contributed by atoms with Gasteiger partial charge >= 0.3 is 0 Å². The van der Waals surface area contributed by atoms with E-state index in [0.717, 1.165) is 0 Å². The van der Waals surface area contributed by atoms with Crippen molar-refractivity contribution < 1.29 is 18.0 Å². The number of nitrogens with one attached hydrogen (secondary N) is 1. The van der Waals surface area contributed by atoms with E-state index in [2.05, 4.69) is 5.32 Å². The lowest BCUT2D eigenvalue weighted by Crippen LogP contribution is -2.44. The van der Waals surface area contributed by atoms with Crippen molar-refractivity contribution in [1.82, 2.24) is 14.5 Å². The van der Waals surface area contributed by atoms with Crippen molar-refractivity contribution in [2.75, 3.05) is 39.0 Å². The smallest absolute Gasteiger partial charge is 0.253 e. The summed E-state index contributed by atoms with van der Waals surface area (Å²) in [6.07, 6.45) is 1.40. The molecular weight excluding hydrogens is 330 g/mol. The van der Waals surface area contributed by atoms with Crippen molar-refractivity contribution in [3.63, 3.8) is 0 Å². The van der Waals surface area contributed by atoms with Gasteiger partial charge < -0.3 is 10.2 Å². The lowest BCUT2D eigenvalue weighted by atomic mass is 9.86. The summed E-state index contributed by atoms with van der Waals surface area (Å²) >= 11 is 0. The highest BCUT2D eigenvalue weighted by molar-refractivity contribution is 7.88. The van der Waals surface area contributed by atoms with Crippen LogP contribution in [0.15, 0.2) is 30.3 Å². The molecule has 2 fully saturated rings. The molecule has 0 radical (unpaired) electrons. The number of hydrogen-bond acceptors (Lipinski definition) is 4.